The molecule has 0 bridgehead atoms. The number of amides is 2. The molecule has 4 heteroatoms. The van der Waals surface area contributed by atoms with Gasteiger partial charge < -0.3 is 10.6 Å². The third-order valence-electron chi connectivity index (χ3n) is 5.02. The van der Waals surface area contributed by atoms with Gasteiger partial charge in [-0.3, -0.25) is 9.59 Å². The quantitative estimate of drug-likeness (QED) is 0.852. The summed E-state index contributed by atoms with van der Waals surface area (Å²) < 4.78 is 0. The van der Waals surface area contributed by atoms with E-state index >= 15 is 0 Å². The normalized spacial score (nSPS) is 15.5. The minimum Gasteiger partial charge on any atom is -0.354 e. The first-order valence-corrected chi connectivity index (χ1v) is 8.85. The van der Waals surface area contributed by atoms with E-state index in [1.54, 1.807) is 24.3 Å². The van der Waals surface area contributed by atoms with Crippen LogP contribution in [0.2, 0.25) is 0 Å². The SMILES string of the molecule is O=C(CNC(=O)c1ccccc1)NCC1(c2ccccc2)CCCC1. The first kappa shape index (κ1) is 17.2. The highest BCUT2D eigenvalue weighted by atomic mass is 16.2. The summed E-state index contributed by atoms with van der Waals surface area (Å²) in [6, 6.07) is 19.3. The van der Waals surface area contributed by atoms with Gasteiger partial charge >= 0.3 is 0 Å². The summed E-state index contributed by atoms with van der Waals surface area (Å²) in [5.41, 5.74) is 1.88. The van der Waals surface area contributed by atoms with E-state index in [1.807, 2.05) is 12.1 Å². The molecule has 0 atom stereocenters. The Bertz CT molecular complexity index is 707. The highest BCUT2D eigenvalue weighted by Crippen LogP contribution is 2.40. The molecule has 3 rings (SSSR count). The maximum absolute atomic E-state index is 12.2. The summed E-state index contributed by atoms with van der Waals surface area (Å²) in [6.45, 7) is 0.621. The molecule has 130 valence electrons. The molecule has 0 aromatic heterocycles. The van der Waals surface area contributed by atoms with E-state index in [-0.39, 0.29) is 23.8 Å². The van der Waals surface area contributed by atoms with Crippen LogP contribution in [0.15, 0.2) is 60.7 Å². The predicted octanol–water partition coefficient (Wildman–Crippen LogP) is 3.04. The third kappa shape index (κ3) is 4.27. The fraction of sp³-hybridized carbons (Fsp3) is 0.333. The summed E-state index contributed by atoms with van der Waals surface area (Å²) in [7, 11) is 0. The standard InChI is InChI=1S/C21H24N2O2/c24-19(15-22-20(25)17-9-3-1-4-10-17)23-16-21(13-7-8-14-21)18-11-5-2-6-12-18/h1-6,9-12H,7-8,13-16H2,(H,22,25)(H,23,24). The number of nitrogens with one attached hydrogen (secondary N) is 2. The zero-order valence-corrected chi connectivity index (χ0v) is 14.3. The molecule has 0 heterocycles. The van der Waals surface area contributed by atoms with E-state index < -0.39 is 0 Å². The highest BCUT2D eigenvalue weighted by molar-refractivity contribution is 5.96. The van der Waals surface area contributed by atoms with Gasteiger partial charge in [-0.15, -0.1) is 0 Å². The Labute approximate surface area is 148 Å². The Morgan fingerprint density at radius 2 is 1.44 bits per heavy atom. The van der Waals surface area contributed by atoms with E-state index in [4.69, 9.17) is 0 Å². The van der Waals surface area contributed by atoms with Crippen LogP contribution in [0.4, 0.5) is 0 Å². The van der Waals surface area contributed by atoms with E-state index in [1.165, 1.54) is 18.4 Å². The van der Waals surface area contributed by atoms with Gasteiger partial charge in [0.1, 0.15) is 0 Å². The molecule has 1 fully saturated rings. The van der Waals surface area contributed by atoms with Crippen LogP contribution in [-0.2, 0) is 10.2 Å². The van der Waals surface area contributed by atoms with E-state index in [9.17, 15) is 9.59 Å². The molecule has 1 aliphatic rings. The van der Waals surface area contributed by atoms with Crippen molar-refractivity contribution in [3.05, 3.63) is 71.8 Å². The van der Waals surface area contributed by atoms with Gasteiger partial charge in [-0.1, -0.05) is 61.4 Å². The Kier molecular flexibility index (Phi) is 5.49. The van der Waals surface area contributed by atoms with Gasteiger partial charge in [0.25, 0.3) is 5.91 Å². The minimum atomic E-state index is -0.227. The lowest BCUT2D eigenvalue weighted by molar-refractivity contribution is -0.120. The maximum atomic E-state index is 12.2. The van der Waals surface area contributed by atoms with Crippen LogP contribution in [0.1, 0.15) is 41.6 Å². The second kappa shape index (κ2) is 7.97. The van der Waals surface area contributed by atoms with Crippen molar-refractivity contribution < 1.29 is 9.59 Å². The van der Waals surface area contributed by atoms with E-state index in [0.29, 0.717) is 12.1 Å². The Morgan fingerprint density at radius 1 is 0.840 bits per heavy atom. The molecule has 0 aliphatic heterocycles. The van der Waals surface area contributed by atoms with Gasteiger partial charge in [0.2, 0.25) is 5.91 Å². The Balaban J connectivity index is 1.53. The van der Waals surface area contributed by atoms with Gasteiger partial charge in [-0.2, -0.15) is 0 Å². The smallest absolute Gasteiger partial charge is 0.251 e. The molecule has 25 heavy (non-hydrogen) atoms. The van der Waals surface area contributed by atoms with Crippen LogP contribution in [0, 0.1) is 0 Å². The largest absolute Gasteiger partial charge is 0.354 e. The van der Waals surface area contributed by atoms with Gasteiger partial charge in [-0.25, -0.2) is 0 Å². The Morgan fingerprint density at radius 3 is 2.08 bits per heavy atom. The van der Waals surface area contributed by atoms with Gasteiger partial charge in [0.05, 0.1) is 6.54 Å². The maximum Gasteiger partial charge on any atom is 0.251 e. The Hall–Kier alpha value is -2.62. The zero-order chi connectivity index (χ0) is 17.5. The third-order valence-corrected chi connectivity index (χ3v) is 5.02. The van der Waals surface area contributed by atoms with Crippen molar-refractivity contribution in [2.45, 2.75) is 31.1 Å². The van der Waals surface area contributed by atoms with Crippen LogP contribution < -0.4 is 10.6 Å². The molecule has 2 aromatic carbocycles. The van der Waals surface area contributed by atoms with E-state index in [2.05, 4.69) is 34.9 Å². The molecule has 0 unspecified atom stereocenters. The second-order valence-corrected chi connectivity index (χ2v) is 6.68. The molecule has 1 aliphatic carbocycles. The summed E-state index contributed by atoms with van der Waals surface area (Å²) in [4.78, 5) is 24.2. The number of benzene rings is 2. The lowest BCUT2D eigenvalue weighted by Crippen LogP contribution is -2.43. The van der Waals surface area contributed by atoms with Crippen molar-refractivity contribution in [1.29, 1.82) is 0 Å². The topological polar surface area (TPSA) is 58.2 Å². The molecule has 0 radical (unpaired) electrons. The van der Waals surface area contributed by atoms with Crippen LogP contribution in [0.25, 0.3) is 0 Å². The van der Waals surface area contributed by atoms with Crippen LogP contribution in [0.3, 0.4) is 0 Å². The number of carbonyl (C=O) groups is 2. The number of hydrogen-bond donors (Lipinski definition) is 2. The minimum absolute atomic E-state index is 0.00139. The predicted molar refractivity (Wildman–Crippen MR) is 98.4 cm³/mol. The summed E-state index contributed by atoms with van der Waals surface area (Å²) in [5.74, 6) is -0.374. The second-order valence-electron chi connectivity index (χ2n) is 6.68. The van der Waals surface area contributed by atoms with Crippen LogP contribution in [0.5, 0.6) is 0 Å². The molecule has 0 saturated heterocycles. The van der Waals surface area contributed by atoms with Crippen molar-refractivity contribution in [3.8, 4) is 0 Å². The first-order chi connectivity index (χ1) is 12.2. The number of hydrogen-bond acceptors (Lipinski definition) is 2. The first-order valence-electron chi connectivity index (χ1n) is 8.85. The lowest BCUT2D eigenvalue weighted by Gasteiger charge is -2.30. The van der Waals surface area contributed by atoms with Crippen molar-refractivity contribution in [2.75, 3.05) is 13.1 Å². The van der Waals surface area contributed by atoms with Gasteiger partial charge in [-0.05, 0) is 30.5 Å². The molecule has 4 nitrogen and oxygen atoms in total. The average molecular weight is 336 g/mol. The van der Waals surface area contributed by atoms with Gasteiger partial charge in [0.15, 0.2) is 0 Å². The van der Waals surface area contributed by atoms with Crippen LogP contribution >= 0.6 is 0 Å². The molecular formula is C21H24N2O2. The van der Waals surface area contributed by atoms with Crippen molar-refractivity contribution in [3.63, 3.8) is 0 Å². The molecule has 2 N–H and O–H groups in total. The molecule has 0 spiro atoms. The van der Waals surface area contributed by atoms with Crippen molar-refractivity contribution >= 4 is 11.8 Å². The van der Waals surface area contributed by atoms with E-state index in [0.717, 1.165) is 12.8 Å². The average Bonchev–Trinajstić information content (AvgIpc) is 3.16. The number of rotatable bonds is 6. The molecule has 1 saturated carbocycles. The van der Waals surface area contributed by atoms with Crippen molar-refractivity contribution in [2.24, 2.45) is 0 Å². The number of carbonyl (C=O) groups excluding carboxylic acids is 2. The zero-order valence-electron chi connectivity index (χ0n) is 14.3. The highest BCUT2D eigenvalue weighted by Gasteiger charge is 2.35. The molecular weight excluding hydrogens is 312 g/mol. The fourth-order valence-electron chi connectivity index (χ4n) is 3.59. The monoisotopic (exact) mass is 336 g/mol. The van der Waals surface area contributed by atoms with Crippen molar-refractivity contribution in [1.82, 2.24) is 10.6 Å². The summed E-state index contributed by atoms with van der Waals surface area (Å²) >= 11 is 0. The van der Waals surface area contributed by atoms with Gasteiger partial charge in [0, 0.05) is 17.5 Å². The summed E-state index contributed by atoms with van der Waals surface area (Å²) in [6.07, 6.45) is 4.56. The summed E-state index contributed by atoms with van der Waals surface area (Å²) in [5, 5.41) is 5.69. The fourth-order valence-corrected chi connectivity index (χ4v) is 3.59. The lowest BCUT2D eigenvalue weighted by atomic mass is 9.79. The molecule has 2 aromatic rings. The van der Waals surface area contributed by atoms with Crippen LogP contribution in [-0.4, -0.2) is 24.9 Å². The molecule has 2 amide bonds.